The molecule has 0 heterocycles. The predicted octanol–water partition coefficient (Wildman–Crippen LogP) is 3.23. The molecule has 2 N–H and O–H groups in total. The van der Waals surface area contributed by atoms with Gasteiger partial charge in [-0.1, -0.05) is 24.3 Å². The molecule has 2 rings (SSSR count). The summed E-state index contributed by atoms with van der Waals surface area (Å²) in [6.45, 7) is 1.38. The first-order chi connectivity index (χ1) is 11.4. The van der Waals surface area contributed by atoms with Crippen LogP contribution in [0.15, 0.2) is 48.5 Å². The number of para-hydroxylation sites is 1. The number of nitrogens with one attached hydrogen (secondary N) is 1. The topological polar surface area (TPSA) is 83.5 Å². The van der Waals surface area contributed by atoms with Crippen LogP contribution in [0.1, 0.15) is 35.2 Å². The molecular formula is C18H16FNO4. The third-order valence-electron chi connectivity index (χ3n) is 3.54. The Bertz CT molecular complexity index is 771. The van der Waals surface area contributed by atoms with Gasteiger partial charge in [0.05, 0.1) is 11.6 Å². The van der Waals surface area contributed by atoms with Crippen molar-refractivity contribution in [3.05, 3.63) is 65.5 Å². The number of Topliss-reactive ketones (excluding diaryl/α,β-unsaturated/α-hetero) is 1. The normalized spacial score (nSPS) is 11.6. The van der Waals surface area contributed by atoms with Crippen LogP contribution in [0.4, 0.5) is 10.1 Å². The minimum absolute atomic E-state index is 0.209. The lowest BCUT2D eigenvalue weighted by atomic mass is 9.95. The molecule has 1 amide bonds. The average Bonchev–Trinajstić information content (AvgIpc) is 2.53. The van der Waals surface area contributed by atoms with Crippen molar-refractivity contribution in [1.82, 2.24) is 0 Å². The molecule has 0 aliphatic carbocycles. The van der Waals surface area contributed by atoms with E-state index in [1.54, 1.807) is 24.3 Å². The number of hydrogen-bond donors (Lipinski definition) is 2. The highest BCUT2D eigenvalue weighted by Crippen LogP contribution is 2.22. The Balaban J connectivity index is 2.16. The lowest BCUT2D eigenvalue weighted by Gasteiger charge is -2.14. The van der Waals surface area contributed by atoms with E-state index in [9.17, 15) is 23.9 Å². The molecule has 0 aliphatic heterocycles. The quantitative estimate of drug-likeness (QED) is 0.797. The van der Waals surface area contributed by atoms with E-state index in [4.69, 9.17) is 0 Å². The van der Waals surface area contributed by atoms with Gasteiger partial charge in [0.15, 0.2) is 5.78 Å². The summed E-state index contributed by atoms with van der Waals surface area (Å²) in [5, 5.41) is 11.9. The number of benzene rings is 2. The van der Waals surface area contributed by atoms with E-state index in [1.807, 2.05) is 0 Å². The molecule has 0 spiro atoms. The molecule has 0 saturated carbocycles. The van der Waals surface area contributed by atoms with Crippen molar-refractivity contribution in [3.8, 4) is 0 Å². The molecular weight excluding hydrogens is 313 g/mol. The fourth-order valence-electron chi connectivity index (χ4n) is 2.33. The highest BCUT2D eigenvalue weighted by Gasteiger charge is 2.24. The first kappa shape index (κ1) is 17.3. The van der Waals surface area contributed by atoms with Crippen molar-refractivity contribution in [2.24, 2.45) is 0 Å². The summed E-state index contributed by atoms with van der Waals surface area (Å²) in [5.41, 5.74) is 1.01. The summed E-state index contributed by atoms with van der Waals surface area (Å²) in [6.07, 6.45) is -0.326. The fraction of sp³-hybridized carbons (Fsp3) is 0.167. The Hall–Kier alpha value is -3.02. The van der Waals surface area contributed by atoms with Gasteiger partial charge in [0, 0.05) is 12.0 Å². The third-order valence-corrected chi connectivity index (χ3v) is 3.54. The molecule has 0 aromatic heterocycles. The van der Waals surface area contributed by atoms with E-state index in [0.29, 0.717) is 16.8 Å². The fourth-order valence-corrected chi connectivity index (χ4v) is 2.33. The van der Waals surface area contributed by atoms with Gasteiger partial charge < -0.3 is 10.4 Å². The van der Waals surface area contributed by atoms with Crippen molar-refractivity contribution in [1.29, 1.82) is 0 Å². The minimum atomic E-state index is -1.18. The van der Waals surface area contributed by atoms with E-state index in [1.165, 1.54) is 19.1 Å². The second-order valence-electron chi connectivity index (χ2n) is 5.30. The smallest absolute Gasteiger partial charge is 0.311 e. The van der Waals surface area contributed by atoms with Crippen LogP contribution in [-0.4, -0.2) is 22.8 Å². The second-order valence-corrected chi connectivity index (χ2v) is 5.30. The van der Waals surface area contributed by atoms with Crippen LogP contribution in [0.25, 0.3) is 0 Å². The highest BCUT2D eigenvalue weighted by molar-refractivity contribution is 6.04. The number of carboxylic acids is 1. The zero-order valence-electron chi connectivity index (χ0n) is 13.0. The average molecular weight is 329 g/mol. The van der Waals surface area contributed by atoms with Gasteiger partial charge >= 0.3 is 5.97 Å². The summed E-state index contributed by atoms with van der Waals surface area (Å²) in [5.74, 6) is -3.52. The summed E-state index contributed by atoms with van der Waals surface area (Å²) in [6, 6.07) is 11.5. The van der Waals surface area contributed by atoms with Crippen LogP contribution in [0, 0.1) is 5.82 Å². The maximum Gasteiger partial charge on any atom is 0.311 e. The van der Waals surface area contributed by atoms with Gasteiger partial charge in [-0.25, -0.2) is 4.39 Å². The standard InChI is InChI=1S/C18H16FNO4/c1-11(21)14-4-2-3-5-16(14)20-17(22)10-15(18(23)24)12-6-8-13(19)9-7-12/h2-9,15H,10H2,1H3,(H,20,22)(H,23,24)/t15-/m1/s1. The Morgan fingerprint density at radius 1 is 1.08 bits per heavy atom. The van der Waals surface area contributed by atoms with Crippen LogP contribution >= 0.6 is 0 Å². The molecule has 0 saturated heterocycles. The van der Waals surface area contributed by atoms with Crippen molar-refractivity contribution in [2.75, 3.05) is 5.32 Å². The molecule has 0 fully saturated rings. The van der Waals surface area contributed by atoms with Crippen LogP contribution in [-0.2, 0) is 9.59 Å². The molecule has 24 heavy (non-hydrogen) atoms. The van der Waals surface area contributed by atoms with E-state index in [2.05, 4.69) is 5.32 Å². The van der Waals surface area contributed by atoms with E-state index in [-0.39, 0.29) is 12.2 Å². The zero-order valence-corrected chi connectivity index (χ0v) is 13.0. The monoisotopic (exact) mass is 329 g/mol. The van der Waals surface area contributed by atoms with Gasteiger partial charge in [-0.2, -0.15) is 0 Å². The lowest BCUT2D eigenvalue weighted by molar-refractivity contribution is -0.140. The molecule has 0 aliphatic rings. The summed E-state index contributed by atoms with van der Waals surface area (Å²) in [4.78, 5) is 35.2. The Kier molecular flexibility index (Phi) is 5.42. The Labute approximate surface area is 138 Å². The first-order valence-electron chi connectivity index (χ1n) is 7.26. The van der Waals surface area contributed by atoms with Crippen molar-refractivity contribution >= 4 is 23.3 Å². The molecule has 2 aromatic carbocycles. The Morgan fingerprint density at radius 2 is 1.71 bits per heavy atom. The molecule has 2 aromatic rings. The number of anilines is 1. The van der Waals surface area contributed by atoms with Gasteiger partial charge in [-0.15, -0.1) is 0 Å². The molecule has 1 atom stereocenters. The highest BCUT2D eigenvalue weighted by atomic mass is 19.1. The number of amides is 1. The molecule has 0 bridgehead atoms. The summed E-state index contributed by atoms with van der Waals surface area (Å²) < 4.78 is 13.0. The number of rotatable bonds is 6. The van der Waals surface area contributed by atoms with Crippen molar-refractivity contribution in [2.45, 2.75) is 19.3 Å². The van der Waals surface area contributed by atoms with Crippen LogP contribution < -0.4 is 5.32 Å². The van der Waals surface area contributed by atoms with Gasteiger partial charge in [0.2, 0.25) is 5.91 Å². The number of hydrogen-bond acceptors (Lipinski definition) is 3. The predicted molar refractivity (Wildman–Crippen MR) is 86.5 cm³/mol. The van der Waals surface area contributed by atoms with Crippen LogP contribution in [0.5, 0.6) is 0 Å². The summed E-state index contributed by atoms with van der Waals surface area (Å²) in [7, 11) is 0. The first-order valence-corrected chi connectivity index (χ1v) is 7.26. The third kappa shape index (κ3) is 4.25. The molecule has 124 valence electrons. The van der Waals surface area contributed by atoms with Gasteiger partial charge in [0.1, 0.15) is 5.82 Å². The van der Waals surface area contributed by atoms with Crippen molar-refractivity contribution < 1.29 is 23.9 Å². The SMILES string of the molecule is CC(=O)c1ccccc1NC(=O)C[C@@H](C(=O)O)c1ccc(F)cc1. The maximum atomic E-state index is 13.0. The van der Waals surface area contributed by atoms with E-state index >= 15 is 0 Å². The Morgan fingerprint density at radius 3 is 2.29 bits per heavy atom. The number of halogens is 1. The molecule has 0 radical (unpaired) electrons. The van der Waals surface area contributed by atoms with Crippen LogP contribution in [0.2, 0.25) is 0 Å². The maximum absolute atomic E-state index is 13.0. The van der Waals surface area contributed by atoms with Crippen LogP contribution in [0.3, 0.4) is 0 Å². The van der Waals surface area contributed by atoms with Crippen molar-refractivity contribution in [3.63, 3.8) is 0 Å². The van der Waals surface area contributed by atoms with Gasteiger partial charge in [-0.05, 0) is 36.8 Å². The number of carbonyl (C=O) groups excluding carboxylic acids is 2. The number of aliphatic carboxylic acids is 1. The second kappa shape index (κ2) is 7.50. The van der Waals surface area contributed by atoms with E-state index < -0.39 is 23.6 Å². The summed E-state index contributed by atoms with van der Waals surface area (Å²) >= 11 is 0. The van der Waals surface area contributed by atoms with E-state index in [0.717, 1.165) is 12.1 Å². The number of carboxylic acid groups (broad SMARTS) is 1. The molecule has 6 heteroatoms. The lowest BCUT2D eigenvalue weighted by Crippen LogP contribution is -2.21. The molecule has 5 nitrogen and oxygen atoms in total. The minimum Gasteiger partial charge on any atom is -0.481 e. The van der Waals surface area contributed by atoms with Gasteiger partial charge in [-0.3, -0.25) is 14.4 Å². The zero-order chi connectivity index (χ0) is 17.7. The van der Waals surface area contributed by atoms with Gasteiger partial charge in [0.25, 0.3) is 0 Å². The largest absolute Gasteiger partial charge is 0.481 e. The number of carbonyl (C=O) groups is 3. The number of ketones is 1. The molecule has 0 unspecified atom stereocenters.